The van der Waals surface area contributed by atoms with Crippen LogP contribution in [0.15, 0.2) is 85.3 Å². The van der Waals surface area contributed by atoms with Crippen LogP contribution in [0.3, 0.4) is 0 Å². The highest BCUT2D eigenvalue weighted by Crippen LogP contribution is 2.34. The number of nitrogens with one attached hydrogen (secondary N) is 1. The number of carbonyl (C=O) groups excluding carboxylic acids is 3. The molecule has 0 bridgehead atoms. The van der Waals surface area contributed by atoms with Gasteiger partial charge in [-0.2, -0.15) is 0 Å². The summed E-state index contributed by atoms with van der Waals surface area (Å²) in [6, 6.07) is 23.1. The van der Waals surface area contributed by atoms with Gasteiger partial charge < -0.3 is 14.2 Å². The van der Waals surface area contributed by atoms with E-state index in [4.69, 9.17) is 4.74 Å². The first kappa shape index (κ1) is 23.7. The van der Waals surface area contributed by atoms with E-state index in [0.29, 0.717) is 30.9 Å². The molecule has 6 rings (SSSR count). The van der Waals surface area contributed by atoms with E-state index in [9.17, 15) is 14.4 Å². The van der Waals surface area contributed by atoms with Gasteiger partial charge in [0.2, 0.25) is 11.8 Å². The molecule has 3 amide bonds. The van der Waals surface area contributed by atoms with Gasteiger partial charge in [0.15, 0.2) is 0 Å². The van der Waals surface area contributed by atoms with Gasteiger partial charge in [-0.05, 0) is 29.7 Å². The molecular weight excluding hydrogens is 480 g/mol. The third-order valence-corrected chi connectivity index (χ3v) is 7.02. The summed E-state index contributed by atoms with van der Waals surface area (Å²) in [7, 11) is 0. The minimum atomic E-state index is -0.646. The van der Waals surface area contributed by atoms with Crippen LogP contribution in [-0.2, 0) is 29.3 Å². The summed E-state index contributed by atoms with van der Waals surface area (Å²) in [5.74, 6) is -0.301. The van der Waals surface area contributed by atoms with Crippen molar-refractivity contribution < 1.29 is 19.1 Å². The fraction of sp³-hybridized carbons (Fsp3) is 0.200. The molecule has 1 saturated heterocycles. The van der Waals surface area contributed by atoms with Crippen molar-refractivity contribution >= 4 is 17.7 Å². The Kier molecular flexibility index (Phi) is 6.21. The van der Waals surface area contributed by atoms with Crippen molar-refractivity contribution in [2.45, 2.75) is 38.6 Å². The molecule has 1 aromatic heterocycles. The maximum atomic E-state index is 13.0. The number of fused-ring (bicyclic) bond motifs is 1. The van der Waals surface area contributed by atoms with E-state index in [1.54, 1.807) is 12.1 Å². The normalized spacial score (nSPS) is 16.9. The summed E-state index contributed by atoms with van der Waals surface area (Å²) in [6.45, 7) is 1.35. The molecule has 1 atom stereocenters. The number of imide groups is 1. The summed E-state index contributed by atoms with van der Waals surface area (Å²) in [6.07, 6.45) is 4.45. The molecule has 2 aliphatic rings. The number of carbonyl (C=O) groups is 3. The summed E-state index contributed by atoms with van der Waals surface area (Å²) >= 11 is 0. The number of ether oxygens (including phenoxy) is 1. The Balaban J connectivity index is 1.09. The molecule has 3 aromatic carbocycles. The highest BCUT2D eigenvalue weighted by Gasteiger charge is 2.40. The van der Waals surface area contributed by atoms with Crippen LogP contribution in [0.5, 0.6) is 5.75 Å². The Bertz CT molecular complexity index is 1510. The van der Waals surface area contributed by atoms with Crippen LogP contribution in [0, 0.1) is 0 Å². The second-order valence-electron chi connectivity index (χ2n) is 9.58. The van der Waals surface area contributed by atoms with Crippen LogP contribution < -0.4 is 10.1 Å². The third kappa shape index (κ3) is 4.68. The maximum absolute atomic E-state index is 13.0. The Morgan fingerprint density at radius 2 is 1.71 bits per heavy atom. The number of amides is 3. The Morgan fingerprint density at radius 1 is 0.921 bits per heavy atom. The number of nitrogens with zero attached hydrogens (tertiary/aromatic N) is 3. The van der Waals surface area contributed by atoms with Crippen molar-refractivity contribution in [1.29, 1.82) is 0 Å². The van der Waals surface area contributed by atoms with Crippen molar-refractivity contribution in [3.8, 4) is 17.0 Å². The molecule has 0 saturated carbocycles. The van der Waals surface area contributed by atoms with Crippen molar-refractivity contribution in [2.24, 2.45) is 0 Å². The van der Waals surface area contributed by atoms with E-state index in [0.717, 1.165) is 27.9 Å². The number of rotatable bonds is 7. The lowest BCUT2D eigenvalue weighted by Gasteiger charge is -2.29. The average Bonchev–Trinajstić information content (AvgIpc) is 3.54. The molecule has 8 heteroatoms. The largest absolute Gasteiger partial charge is 0.489 e. The number of benzene rings is 3. The number of imidazole rings is 1. The number of hydrogen-bond donors (Lipinski definition) is 1. The van der Waals surface area contributed by atoms with Gasteiger partial charge in [-0.1, -0.05) is 60.7 Å². The lowest BCUT2D eigenvalue weighted by molar-refractivity contribution is -0.136. The SMILES string of the molecule is O=C1CCC(N2Cc3c(OCc4ccc(Cn5cnc(-c6ccccc6)c5)cc4)cccc3C2=O)C(=O)N1. The zero-order valence-electron chi connectivity index (χ0n) is 20.7. The van der Waals surface area contributed by atoms with Gasteiger partial charge in [-0.15, -0.1) is 0 Å². The van der Waals surface area contributed by atoms with E-state index in [-0.39, 0.29) is 24.8 Å². The minimum absolute atomic E-state index is 0.209. The first-order valence-electron chi connectivity index (χ1n) is 12.6. The standard InChI is InChI=1S/C30H26N4O4/c35-28-14-13-26(29(36)32-28)34-16-24-23(30(34)37)7-4-8-27(24)38-18-21-11-9-20(10-12-21)15-33-17-25(31-19-33)22-5-2-1-3-6-22/h1-12,17,19,26H,13-16,18H2,(H,32,35,36). The van der Waals surface area contributed by atoms with Gasteiger partial charge in [0, 0.05) is 35.9 Å². The Labute approximate surface area is 219 Å². The molecule has 8 nitrogen and oxygen atoms in total. The zero-order valence-corrected chi connectivity index (χ0v) is 20.7. The van der Waals surface area contributed by atoms with Crippen LogP contribution in [0.4, 0.5) is 0 Å². The van der Waals surface area contributed by atoms with E-state index < -0.39 is 11.9 Å². The predicted octanol–water partition coefficient (Wildman–Crippen LogP) is 3.94. The second kappa shape index (κ2) is 9.97. The molecule has 0 radical (unpaired) electrons. The first-order valence-corrected chi connectivity index (χ1v) is 12.6. The Morgan fingerprint density at radius 3 is 2.50 bits per heavy atom. The maximum Gasteiger partial charge on any atom is 0.255 e. The number of aromatic nitrogens is 2. The van der Waals surface area contributed by atoms with Gasteiger partial charge >= 0.3 is 0 Å². The lowest BCUT2D eigenvalue weighted by Crippen LogP contribution is -2.52. The van der Waals surface area contributed by atoms with E-state index in [1.165, 1.54) is 4.90 Å². The molecule has 1 unspecified atom stereocenters. The predicted molar refractivity (Wildman–Crippen MR) is 140 cm³/mol. The van der Waals surface area contributed by atoms with Crippen LogP contribution >= 0.6 is 0 Å². The molecule has 190 valence electrons. The summed E-state index contributed by atoms with van der Waals surface area (Å²) in [4.78, 5) is 42.9. The number of piperidine rings is 1. The molecule has 1 fully saturated rings. The third-order valence-electron chi connectivity index (χ3n) is 7.02. The molecule has 0 aliphatic carbocycles. The summed E-state index contributed by atoms with van der Waals surface area (Å²) in [5, 5.41) is 2.34. The van der Waals surface area contributed by atoms with Gasteiger partial charge in [-0.3, -0.25) is 19.7 Å². The van der Waals surface area contributed by atoms with Crippen LogP contribution in [0.25, 0.3) is 11.3 Å². The molecule has 1 N–H and O–H groups in total. The van der Waals surface area contributed by atoms with Crippen molar-refractivity contribution in [3.63, 3.8) is 0 Å². The fourth-order valence-corrected chi connectivity index (χ4v) is 5.01. The van der Waals surface area contributed by atoms with Crippen LogP contribution in [-0.4, -0.2) is 38.2 Å². The van der Waals surface area contributed by atoms with Crippen molar-refractivity contribution in [1.82, 2.24) is 19.8 Å². The minimum Gasteiger partial charge on any atom is -0.489 e. The number of hydrogen-bond acceptors (Lipinski definition) is 5. The molecule has 4 aromatic rings. The van der Waals surface area contributed by atoms with Gasteiger partial charge in [0.1, 0.15) is 18.4 Å². The van der Waals surface area contributed by atoms with Gasteiger partial charge in [0.05, 0.1) is 18.6 Å². The van der Waals surface area contributed by atoms with Crippen molar-refractivity contribution in [3.05, 3.63) is 108 Å². The quantitative estimate of drug-likeness (QED) is 0.383. The molecule has 2 aliphatic heterocycles. The first-order chi connectivity index (χ1) is 18.5. The molecule has 3 heterocycles. The summed E-state index contributed by atoms with van der Waals surface area (Å²) in [5.41, 5.74) is 5.50. The highest BCUT2D eigenvalue weighted by atomic mass is 16.5. The molecular formula is C30H26N4O4. The topological polar surface area (TPSA) is 93.5 Å². The molecule has 38 heavy (non-hydrogen) atoms. The van der Waals surface area contributed by atoms with Crippen molar-refractivity contribution in [2.75, 3.05) is 0 Å². The average molecular weight is 507 g/mol. The highest BCUT2D eigenvalue weighted by molar-refractivity contribution is 6.05. The zero-order chi connectivity index (χ0) is 26.1. The fourth-order valence-electron chi connectivity index (χ4n) is 5.01. The lowest BCUT2D eigenvalue weighted by atomic mass is 10.0. The molecule has 0 spiro atoms. The van der Waals surface area contributed by atoms with E-state index >= 15 is 0 Å². The van der Waals surface area contributed by atoms with Gasteiger partial charge in [-0.25, -0.2) is 4.98 Å². The van der Waals surface area contributed by atoms with E-state index in [1.807, 2.05) is 61.1 Å². The van der Waals surface area contributed by atoms with Gasteiger partial charge in [0.25, 0.3) is 5.91 Å². The summed E-state index contributed by atoms with van der Waals surface area (Å²) < 4.78 is 8.19. The van der Waals surface area contributed by atoms with Crippen LogP contribution in [0.1, 0.15) is 39.9 Å². The second-order valence-corrected chi connectivity index (χ2v) is 9.58. The van der Waals surface area contributed by atoms with E-state index in [2.05, 4.69) is 27.0 Å². The monoisotopic (exact) mass is 506 g/mol. The van der Waals surface area contributed by atoms with Crippen LogP contribution in [0.2, 0.25) is 0 Å². The smallest absolute Gasteiger partial charge is 0.255 e. The Hall–Kier alpha value is -4.72.